The third-order valence-electron chi connectivity index (χ3n) is 5.69. The number of aromatic amines is 1. The third kappa shape index (κ3) is 4.35. The fourth-order valence-electron chi connectivity index (χ4n) is 4.16. The molecule has 0 bridgehead atoms. The number of nitrogens with zero attached hydrogens (tertiary/aromatic N) is 3. The van der Waals surface area contributed by atoms with Crippen molar-refractivity contribution in [3.63, 3.8) is 0 Å². The first-order valence-corrected chi connectivity index (χ1v) is 12.1. The highest BCUT2D eigenvalue weighted by Crippen LogP contribution is 2.35. The average Bonchev–Trinajstić information content (AvgIpc) is 3.47. The molecule has 2 N–H and O–H groups in total. The minimum atomic E-state index is -3.56. The van der Waals surface area contributed by atoms with E-state index in [2.05, 4.69) is 29.4 Å². The lowest BCUT2D eigenvalue weighted by Gasteiger charge is -2.34. The Morgan fingerprint density at radius 1 is 1.20 bits per heavy atom. The first kappa shape index (κ1) is 21.2. The third-order valence-corrected chi connectivity index (χ3v) is 7.82. The zero-order valence-electron chi connectivity index (χ0n) is 17.2. The SMILES string of the molecule is CC1CC(C)CN(S(=O)(=O)c2ccc(C(=O)NCc3n[nH]c(=S)n3C3CC3)cc2)C1. The van der Waals surface area contributed by atoms with Gasteiger partial charge in [-0.2, -0.15) is 9.40 Å². The van der Waals surface area contributed by atoms with E-state index in [9.17, 15) is 13.2 Å². The lowest BCUT2D eigenvalue weighted by Crippen LogP contribution is -2.42. The number of amides is 1. The van der Waals surface area contributed by atoms with Crippen molar-refractivity contribution in [3.05, 3.63) is 40.4 Å². The number of hydrogen-bond acceptors (Lipinski definition) is 5. The van der Waals surface area contributed by atoms with Crippen LogP contribution in [0, 0.1) is 16.6 Å². The summed E-state index contributed by atoms with van der Waals surface area (Å²) in [6.07, 6.45) is 3.17. The molecule has 10 heteroatoms. The molecule has 4 rings (SSSR count). The Morgan fingerprint density at radius 2 is 1.83 bits per heavy atom. The largest absolute Gasteiger partial charge is 0.345 e. The van der Waals surface area contributed by atoms with Crippen LogP contribution < -0.4 is 5.32 Å². The van der Waals surface area contributed by atoms with Gasteiger partial charge in [-0.15, -0.1) is 0 Å². The van der Waals surface area contributed by atoms with Crippen LogP contribution in [0.15, 0.2) is 29.2 Å². The van der Waals surface area contributed by atoms with Crippen molar-refractivity contribution >= 4 is 28.1 Å². The average molecular weight is 450 g/mol. The Labute approximate surface area is 181 Å². The van der Waals surface area contributed by atoms with E-state index >= 15 is 0 Å². The van der Waals surface area contributed by atoms with E-state index in [0.717, 1.165) is 19.3 Å². The van der Waals surface area contributed by atoms with Gasteiger partial charge < -0.3 is 5.32 Å². The Balaban J connectivity index is 1.43. The van der Waals surface area contributed by atoms with Gasteiger partial charge in [0, 0.05) is 24.7 Å². The molecule has 1 saturated heterocycles. The monoisotopic (exact) mass is 449 g/mol. The van der Waals surface area contributed by atoms with E-state index in [1.807, 2.05) is 4.57 Å². The van der Waals surface area contributed by atoms with Crippen LogP contribution in [0.25, 0.3) is 0 Å². The van der Waals surface area contributed by atoms with E-state index in [4.69, 9.17) is 12.2 Å². The molecule has 30 heavy (non-hydrogen) atoms. The summed E-state index contributed by atoms with van der Waals surface area (Å²) < 4.78 is 30.0. The van der Waals surface area contributed by atoms with Gasteiger partial charge in [0.15, 0.2) is 10.6 Å². The number of benzene rings is 1. The van der Waals surface area contributed by atoms with Crippen molar-refractivity contribution in [1.82, 2.24) is 24.4 Å². The minimum Gasteiger partial charge on any atom is -0.345 e. The number of piperidine rings is 1. The number of H-pyrrole nitrogens is 1. The highest BCUT2D eigenvalue weighted by Gasteiger charge is 2.32. The van der Waals surface area contributed by atoms with Gasteiger partial charge in [-0.1, -0.05) is 13.8 Å². The molecule has 2 fully saturated rings. The number of aromatic nitrogens is 3. The number of carbonyl (C=O) groups is 1. The van der Waals surface area contributed by atoms with Gasteiger partial charge in [-0.25, -0.2) is 8.42 Å². The Bertz CT molecular complexity index is 1080. The molecule has 2 unspecified atom stereocenters. The molecule has 8 nitrogen and oxygen atoms in total. The van der Waals surface area contributed by atoms with Crippen molar-refractivity contribution < 1.29 is 13.2 Å². The number of nitrogens with one attached hydrogen (secondary N) is 2. The van der Waals surface area contributed by atoms with Crippen molar-refractivity contribution in [3.8, 4) is 0 Å². The summed E-state index contributed by atoms with van der Waals surface area (Å²) in [5.41, 5.74) is 0.404. The topological polar surface area (TPSA) is 100 Å². The molecule has 1 aromatic carbocycles. The maximum atomic E-state index is 13.0. The molecule has 1 aliphatic carbocycles. The predicted molar refractivity (Wildman–Crippen MR) is 115 cm³/mol. The van der Waals surface area contributed by atoms with E-state index in [0.29, 0.717) is 47.1 Å². The molecular weight excluding hydrogens is 422 g/mol. The quantitative estimate of drug-likeness (QED) is 0.661. The molecule has 2 aliphatic rings. The van der Waals surface area contributed by atoms with Crippen LogP contribution in [0.1, 0.15) is 55.3 Å². The molecule has 2 heterocycles. The molecular formula is C20H27N5O3S2. The van der Waals surface area contributed by atoms with E-state index in [1.54, 1.807) is 16.4 Å². The number of carbonyl (C=O) groups excluding carboxylic acids is 1. The normalized spacial score (nSPS) is 22.7. The van der Waals surface area contributed by atoms with Crippen LogP contribution in [0.3, 0.4) is 0 Å². The van der Waals surface area contributed by atoms with Crippen LogP contribution in [-0.4, -0.2) is 46.5 Å². The number of sulfonamides is 1. The zero-order chi connectivity index (χ0) is 21.5. The summed E-state index contributed by atoms with van der Waals surface area (Å²) in [6, 6.07) is 6.49. The predicted octanol–water partition coefficient (Wildman–Crippen LogP) is 2.87. The smallest absolute Gasteiger partial charge is 0.251 e. The van der Waals surface area contributed by atoms with Crippen LogP contribution >= 0.6 is 12.2 Å². The molecule has 162 valence electrons. The van der Waals surface area contributed by atoms with Gasteiger partial charge in [-0.3, -0.25) is 14.5 Å². The van der Waals surface area contributed by atoms with Crippen LogP contribution in [0.4, 0.5) is 0 Å². The van der Waals surface area contributed by atoms with Crippen molar-refractivity contribution in [2.24, 2.45) is 11.8 Å². The molecule has 1 amide bonds. The lowest BCUT2D eigenvalue weighted by molar-refractivity contribution is 0.0949. The van der Waals surface area contributed by atoms with Gasteiger partial charge in [0.1, 0.15) is 0 Å². The zero-order valence-corrected chi connectivity index (χ0v) is 18.8. The highest BCUT2D eigenvalue weighted by molar-refractivity contribution is 7.89. The first-order chi connectivity index (χ1) is 14.3. The number of hydrogen-bond donors (Lipinski definition) is 2. The lowest BCUT2D eigenvalue weighted by atomic mass is 9.94. The second-order valence-corrected chi connectivity index (χ2v) is 10.8. The Kier molecular flexibility index (Phi) is 5.82. The Morgan fingerprint density at radius 3 is 2.43 bits per heavy atom. The van der Waals surface area contributed by atoms with Crippen molar-refractivity contribution in [1.29, 1.82) is 0 Å². The summed E-state index contributed by atoms with van der Waals surface area (Å²) in [7, 11) is -3.56. The van der Waals surface area contributed by atoms with Gasteiger partial charge in [0.25, 0.3) is 5.91 Å². The van der Waals surface area contributed by atoms with E-state index in [-0.39, 0.29) is 17.3 Å². The molecule has 0 spiro atoms. The summed E-state index contributed by atoms with van der Waals surface area (Å²) in [6.45, 7) is 5.47. The summed E-state index contributed by atoms with van der Waals surface area (Å²) in [4.78, 5) is 12.7. The highest BCUT2D eigenvalue weighted by atomic mass is 32.2. The molecule has 1 saturated carbocycles. The van der Waals surface area contributed by atoms with Crippen molar-refractivity contribution in [2.45, 2.75) is 50.6 Å². The van der Waals surface area contributed by atoms with Crippen molar-refractivity contribution in [2.75, 3.05) is 13.1 Å². The first-order valence-electron chi connectivity index (χ1n) is 10.3. The molecule has 2 atom stereocenters. The standard InChI is InChI=1S/C20H27N5O3S2/c1-13-9-14(2)12-24(11-13)30(27,28)17-7-3-15(4-8-17)19(26)21-10-18-22-23-20(29)25(18)16-5-6-16/h3-4,7-8,13-14,16H,5-6,9-12H2,1-2H3,(H,21,26)(H,23,29). The Hall–Kier alpha value is -2.04. The maximum absolute atomic E-state index is 13.0. The van der Waals surface area contributed by atoms with E-state index < -0.39 is 10.0 Å². The molecule has 1 aromatic heterocycles. The summed E-state index contributed by atoms with van der Waals surface area (Å²) in [5, 5.41) is 9.81. The van der Waals surface area contributed by atoms with Gasteiger partial charge in [0.2, 0.25) is 10.0 Å². The van der Waals surface area contributed by atoms with Crippen LogP contribution in [0.5, 0.6) is 0 Å². The second kappa shape index (κ2) is 8.24. The van der Waals surface area contributed by atoms with Crippen LogP contribution in [-0.2, 0) is 16.6 Å². The van der Waals surface area contributed by atoms with Gasteiger partial charge >= 0.3 is 0 Å². The molecule has 2 aromatic rings. The molecule has 0 radical (unpaired) electrons. The van der Waals surface area contributed by atoms with Gasteiger partial charge in [0.05, 0.1) is 11.4 Å². The molecule has 1 aliphatic heterocycles. The second-order valence-electron chi connectivity index (χ2n) is 8.52. The number of rotatable bonds is 6. The maximum Gasteiger partial charge on any atom is 0.251 e. The van der Waals surface area contributed by atoms with Crippen LogP contribution in [0.2, 0.25) is 0 Å². The minimum absolute atomic E-state index is 0.218. The van der Waals surface area contributed by atoms with Gasteiger partial charge in [-0.05, 0) is 67.6 Å². The van der Waals surface area contributed by atoms with E-state index in [1.165, 1.54) is 12.1 Å². The fraction of sp³-hybridized carbons (Fsp3) is 0.550. The summed E-state index contributed by atoms with van der Waals surface area (Å²) in [5.74, 6) is 1.09. The summed E-state index contributed by atoms with van der Waals surface area (Å²) >= 11 is 5.25. The fourth-order valence-corrected chi connectivity index (χ4v) is 6.14.